The first-order valence-electron chi connectivity index (χ1n) is 8.91. The summed E-state index contributed by atoms with van der Waals surface area (Å²) in [6.45, 7) is 3.02. The highest BCUT2D eigenvalue weighted by Crippen LogP contribution is 2.12. The van der Waals surface area contributed by atoms with E-state index in [1.54, 1.807) is 19.1 Å². The van der Waals surface area contributed by atoms with E-state index in [1.807, 2.05) is 30.3 Å². The van der Waals surface area contributed by atoms with Crippen molar-refractivity contribution in [3.05, 3.63) is 65.7 Å². The van der Waals surface area contributed by atoms with E-state index in [-0.39, 0.29) is 24.6 Å². The first-order chi connectivity index (χ1) is 13.3. The number of hydrogen-bond acceptors (Lipinski definition) is 5. The van der Waals surface area contributed by atoms with Crippen LogP contribution in [0.3, 0.4) is 0 Å². The number of phenolic OH excluding ortho intramolecular Hbond substituents is 1. The highest BCUT2D eigenvalue weighted by molar-refractivity contribution is 5.91. The second-order valence-electron chi connectivity index (χ2n) is 6.47. The van der Waals surface area contributed by atoms with Gasteiger partial charge in [-0.25, -0.2) is 4.79 Å². The van der Waals surface area contributed by atoms with Crippen LogP contribution in [0.15, 0.2) is 54.6 Å². The summed E-state index contributed by atoms with van der Waals surface area (Å²) in [5.41, 5.74) is 1.55. The Hall–Kier alpha value is -3.35. The van der Waals surface area contributed by atoms with E-state index in [0.29, 0.717) is 0 Å². The molecular formula is C21H24N2O5. The van der Waals surface area contributed by atoms with Gasteiger partial charge in [0, 0.05) is 6.42 Å². The summed E-state index contributed by atoms with van der Waals surface area (Å²) in [6.07, 6.45) is -0.560. The summed E-state index contributed by atoms with van der Waals surface area (Å²) < 4.78 is 5.18. The molecule has 2 aromatic carbocycles. The SMILES string of the molecule is CC(=O)[C@H](C)NC(=O)[C@H](Cc1ccc(O)cc1)NC(=O)OCc1ccccc1. The molecule has 7 nitrogen and oxygen atoms in total. The number of Topliss-reactive ketones (excluding diaryl/α,β-unsaturated/α-hetero) is 1. The molecule has 0 saturated heterocycles. The molecule has 3 N–H and O–H groups in total. The number of nitrogens with one attached hydrogen (secondary N) is 2. The number of ether oxygens (including phenoxy) is 1. The normalized spacial score (nSPS) is 12.5. The van der Waals surface area contributed by atoms with Crippen LogP contribution in [0.2, 0.25) is 0 Å². The molecule has 0 radical (unpaired) electrons. The zero-order valence-corrected chi connectivity index (χ0v) is 15.8. The summed E-state index contributed by atoms with van der Waals surface area (Å²) in [7, 11) is 0. The molecule has 0 aromatic heterocycles. The molecular weight excluding hydrogens is 360 g/mol. The van der Waals surface area contributed by atoms with E-state index < -0.39 is 24.1 Å². The number of ketones is 1. The Balaban J connectivity index is 2.03. The van der Waals surface area contributed by atoms with Gasteiger partial charge >= 0.3 is 6.09 Å². The van der Waals surface area contributed by atoms with E-state index in [9.17, 15) is 19.5 Å². The van der Waals surface area contributed by atoms with Crippen molar-refractivity contribution in [1.82, 2.24) is 10.6 Å². The first kappa shape index (κ1) is 21.0. The van der Waals surface area contributed by atoms with E-state index >= 15 is 0 Å². The second-order valence-corrected chi connectivity index (χ2v) is 6.47. The molecule has 0 fully saturated rings. The molecule has 0 aliphatic carbocycles. The first-order valence-corrected chi connectivity index (χ1v) is 8.91. The number of amides is 2. The lowest BCUT2D eigenvalue weighted by atomic mass is 10.0. The zero-order valence-electron chi connectivity index (χ0n) is 15.8. The Kier molecular flexibility index (Phi) is 7.56. The standard InChI is InChI=1S/C21H24N2O5/c1-14(15(2)24)22-20(26)19(12-16-8-10-18(25)11-9-16)23-21(27)28-13-17-6-4-3-5-7-17/h3-11,14,19,25H,12-13H2,1-2H3,(H,22,26)(H,23,27)/t14-,19-/m0/s1. The summed E-state index contributed by atoms with van der Waals surface area (Å²) >= 11 is 0. The molecule has 0 spiro atoms. The average molecular weight is 384 g/mol. The molecule has 2 amide bonds. The van der Waals surface area contributed by atoms with Crippen LogP contribution in [0.5, 0.6) is 5.75 Å². The van der Waals surface area contributed by atoms with Gasteiger partial charge in [0.15, 0.2) is 5.78 Å². The maximum absolute atomic E-state index is 12.6. The third kappa shape index (κ3) is 6.75. The van der Waals surface area contributed by atoms with Gasteiger partial charge in [-0.1, -0.05) is 42.5 Å². The Morgan fingerprint density at radius 1 is 0.964 bits per heavy atom. The number of carbonyl (C=O) groups excluding carboxylic acids is 3. The Labute approximate surface area is 163 Å². The van der Waals surface area contributed by atoms with Crippen LogP contribution in [-0.2, 0) is 27.4 Å². The van der Waals surface area contributed by atoms with E-state index in [0.717, 1.165) is 11.1 Å². The smallest absolute Gasteiger partial charge is 0.408 e. The van der Waals surface area contributed by atoms with Crippen molar-refractivity contribution >= 4 is 17.8 Å². The van der Waals surface area contributed by atoms with Crippen molar-refractivity contribution in [2.75, 3.05) is 0 Å². The fraction of sp³-hybridized carbons (Fsp3) is 0.286. The molecule has 0 saturated carbocycles. The van der Waals surface area contributed by atoms with Crippen molar-refractivity contribution in [3.63, 3.8) is 0 Å². The highest BCUT2D eigenvalue weighted by Gasteiger charge is 2.24. The van der Waals surface area contributed by atoms with Gasteiger partial charge in [0.1, 0.15) is 18.4 Å². The van der Waals surface area contributed by atoms with Gasteiger partial charge in [-0.2, -0.15) is 0 Å². The monoisotopic (exact) mass is 384 g/mol. The third-order valence-corrected chi connectivity index (χ3v) is 4.17. The van der Waals surface area contributed by atoms with Crippen LogP contribution in [0.25, 0.3) is 0 Å². The fourth-order valence-electron chi connectivity index (χ4n) is 2.40. The van der Waals surface area contributed by atoms with Gasteiger partial charge in [0.25, 0.3) is 0 Å². The van der Waals surface area contributed by atoms with Crippen molar-refractivity contribution in [3.8, 4) is 5.75 Å². The lowest BCUT2D eigenvalue weighted by Gasteiger charge is -2.20. The minimum atomic E-state index is -0.936. The van der Waals surface area contributed by atoms with E-state index in [4.69, 9.17) is 4.74 Å². The van der Waals surface area contributed by atoms with Crippen LogP contribution in [0, 0.1) is 0 Å². The maximum atomic E-state index is 12.6. The van der Waals surface area contributed by atoms with Gasteiger partial charge in [-0.3, -0.25) is 9.59 Å². The predicted molar refractivity (Wildman–Crippen MR) is 104 cm³/mol. The maximum Gasteiger partial charge on any atom is 0.408 e. The van der Waals surface area contributed by atoms with Crippen LogP contribution in [0.4, 0.5) is 4.79 Å². The highest BCUT2D eigenvalue weighted by atomic mass is 16.5. The van der Waals surface area contributed by atoms with E-state index in [2.05, 4.69) is 10.6 Å². The predicted octanol–water partition coefficient (Wildman–Crippen LogP) is 2.32. The third-order valence-electron chi connectivity index (χ3n) is 4.17. The molecule has 0 heterocycles. The van der Waals surface area contributed by atoms with Crippen molar-refractivity contribution in [1.29, 1.82) is 0 Å². The number of aromatic hydroxyl groups is 1. The molecule has 148 valence electrons. The molecule has 0 unspecified atom stereocenters. The molecule has 0 bridgehead atoms. The van der Waals surface area contributed by atoms with E-state index in [1.165, 1.54) is 19.1 Å². The summed E-state index contributed by atoms with van der Waals surface area (Å²) in [6, 6.07) is 13.9. The molecule has 7 heteroatoms. The molecule has 0 aliphatic rings. The van der Waals surface area contributed by atoms with Crippen molar-refractivity contribution in [2.24, 2.45) is 0 Å². The molecule has 28 heavy (non-hydrogen) atoms. The minimum Gasteiger partial charge on any atom is -0.508 e. The number of carbonyl (C=O) groups is 3. The number of hydrogen-bond donors (Lipinski definition) is 3. The lowest BCUT2D eigenvalue weighted by Crippen LogP contribution is -2.51. The Bertz CT molecular complexity index is 805. The minimum absolute atomic E-state index is 0.0735. The number of phenols is 1. The van der Waals surface area contributed by atoms with Gasteiger partial charge in [0.2, 0.25) is 5.91 Å². The molecule has 2 atom stereocenters. The van der Waals surface area contributed by atoms with Gasteiger partial charge in [0.05, 0.1) is 6.04 Å². The average Bonchev–Trinajstić information content (AvgIpc) is 2.68. The second kappa shape index (κ2) is 10.1. The molecule has 2 rings (SSSR count). The lowest BCUT2D eigenvalue weighted by molar-refractivity contribution is -0.127. The van der Waals surface area contributed by atoms with Gasteiger partial charge < -0.3 is 20.5 Å². The quantitative estimate of drug-likeness (QED) is 0.648. The van der Waals surface area contributed by atoms with Crippen molar-refractivity contribution in [2.45, 2.75) is 39.0 Å². The molecule has 2 aromatic rings. The fourth-order valence-corrected chi connectivity index (χ4v) is 2.40. The van der Waals surface area contributed by atoms with Crippen LogP contribution in [-0.4, -0.2) is 35.0 Å². The topological polar surface area (TPSA) is 105 Å². The number of benzene rings is 2. The van der Waals surface area contributed by atoms with Crippen molar-refractivity contribution < 1.29 is 24.2 Å². The van der Waals surface area contributed by atoms with Crippen LogP contribution < -0.4 is 10.6 Å². The van der Waals surface area contributed by atoms with Crippen LogP contribution in [0.1, 0.15) is 25.0 Å². The number of rotatable bonds is 8. The summed E-state index contributed by atoms with van der Waals surface area (Å²) in [5, 5.41) is 14.5. The molecule has 0 aliphatic heterocycles. The largest absolute Gasteiger partial charge is 0.508 e. The Morgan fingerprint density at radius 2 is 1.61 bits per heavy atom. The van der Waals surface area contributed by atoms with Crippen LogP contribution >= 0.6 is 0 Å². The Morgan fingerprint density at radius 3 is 2.21 bits per heavy atom. The zero-order chi connectivity index (χ0) is 20.5. The number of alkyl carbamates (subject to hydrolysis) is 1. The van der Waals surface area contributed by atoms with Gasteiger partial charge in [-0.05, 0) is 37.1 Å². The summed E-state index contributed by atoms with van der Waals surface area (Å²) in [4.78, 5) is 36.2. The summed E-state index contributed by atoms with van der Waals surface area (Å²) in [5.74, 6) is -0.582. The van der Waals surface area contributed by atoms with Gasteiger partial charge in [-0.15, -0.1) is 0 Å².